The highest BCUT2D eigenvalue weighted by Crippen LogP contribution is 2.31. The number of halogens is 3. The van der Waals surface area contributed by atoms with E-state index in [1.165, 1.54) is 18.3 Å². The van der Waals surface area contributed by atoms with Crippen LogP contribution in [-0.4, -0.2) is 37.4 Å². The van der Waals surface area contributed by atoms with E-state index in [-0.39, 0.29) is 23.6 Å². The van der Waals surface area contributed by atoms with Gasteiger partial charge in [0.1, 0.15) is 0 Å². The van der Waals surface area contributed by atoms with Crippen LogP contribution in [0.25, 0.3) is 0 Å². The molecule has 0 unspecified atom stereocenters. The molecule has 3 rings (SSSR count). The van der Waals surface area contributed by atoms with Crippen LogP contribution < -0.4 is 10.0 Å². The Balaban J connectivity index is 1.88. The van der Waals surface area contributed by atoms with E-state index in [1.807, 2.05) is 0 Å². The molecular weight excluding hydrogens is 477 g/mol. The fourth-order valence-electron chi connectivity index (χ4n) is 2.94. The van der Waals surface area contributed by atoms with Crippen LogP contribution in [0.2, 0.25) is 0 Å². The largest absolute Gasteiger partial charge is 0.465 e. The summed E-state index contributed by atoms with van der Waals surface area (Å²) in [5, 5.41) is 2.57. The molecule has 0 radical (unpaired) electrons. The van der Waals surface area contributed by atoms with Gasteiger partial charge in [-0.3, -0.25) is 9.52 Å². The summed E-state index contributed by atoms with van der Waals surface area (Å²) in [6.45, 7) is 1.61. The van der Waals surface area contributed by atoms with E-state index in [0.29, 0.717) is 17.3 Å². The van der Waals surface area contributed by atoms with Crippen molar-refractivity contribution >= 4 is 27.6 Å². The van der Waals surface area contributed by atoms with Crippen molar-refractivity contribution in [1.82, 2.24) is 15.3 Å². The third kappa shape index (κ3) is 5.92. The number of esters is 1. The smallest absolute Gasteiger partial charge is 0.416 e. The first-order chi connectivity index (χ1) is 15.9. The predicted molar refractivity (Wildman–Crippen MR) is 115 cm³/mol. The van der Waals surface area contributed by atoms with Gasteiger partial charge in [-0.25, -0.2) is 18.2 Å². The van der Waals surface area contributed by atoms with Gasteiger partial charge >= 0.3 is 12.1 Å². The lowest BCUT2D eigenvalue weighted by molar-refractivity contribution is -0.137. The van der Waals surface area contributed by atoms with Gasteiger partial charge in [-0.1, -0.05) is 6.07 Å². The quantitative estimate of drug-likeness (QED) is 0.431. The number of amides is 1. The Hall–Kier alpha value is -3.87. The Kier molecular flexibility index (Phi) is 6.96. The average Bonchev–Trinajstić information content (AvgIpc) is 3.22. The van der Waals surface area contributed by atoms with Gasteiger partial charge in [0, 0.05) is 18.4 Å². The van der Waals surface area contributed by atoms with Gasteiger partial charge < -0.3 is 15.0 Å². The summed E-state index contributed by atoms with van der Waals surface area (Å²) in [7, 11) is -3.31. The Morgan fingerprint density at radius 2 is 1.88 bits per heavy atom. The van der Waals surface area contributed by atoms with E-state index in [2.05, 4.69) is 24.7 Å². The molecule has 0 saturated carbocycles. The number of carbonyl (C=O) groups is 2. The molecular formula is C21H19F3N4O5S. The van der Waals surface area contributed by atoms with Gasteiger partial charge in [0.2, 0.25) is 0 Å². The Labute approximate surface area is 192 Å². The van der Waals surface area contributed by atoms with Gasteiger partial charge in [0.05, 0.1) is 28.8 Å². The third-order valence-corrected chi connectivity index (χ3v) is 5.89. The number of methoxy groups -OCH3 is 1. The number of anilines is 1. The molecule has 0 fully saturated rings. The highest BCUT2D eigenvalue weighted by Gasteiger charge is 2.31. The summed E-state index contributed by atoms with van der Waals surface area (Å²) in [6, 6.07) is 7.09. The number of nitrogens with zero attached hydrogens (tertiary/aromatic N) is 1. The average molecular weight is 496 g/mol. The number of sulfonamides is 1. The van der Waals surface area contributed by atoms with Crippen LogP contribution >= 0.6 is 0 Å². The van der Waals surface area contributed by atoms with Crippen molar-refractivity contribution in [3.05, 3.63) is 76.9 Å². The molecule has 0 aliphatic rings. The molecule has 0 saturated heterocycles. The molecule has 0 aliphatic heterocycles. The molecule has 0 aliphatic carbocycles. The summed E-state index contributed by atoms with van der Waals surface area (Å²) in [4.78, 5) is 30.3. The van der Waals surface area contributed by atoms with Crippen LogP contribution in [-0.2, 0) is 27.5 Å². The van der Waals surface area contributed by atoms with Crippen molar-refractivity contribution in [3.8, 4) is 0 Å². The van der Waals surface area contributed by atoms with Crippen LogP contribution in [0.3, 0.4) is 0 Å². The number of hydrogen-bond acceptors (Lipinski definition) is 6. The summed E-state index contributed by atoms with van der Waals surface area (Å²) in [6.07, 6.45) is -3.26. The lowest BCUT2D eigenvalue weighted by Gasteiger charge is -2.13. The number of aromatic amines is 1. The number of aromatic nitrogens is 2. The van der Waals surface area contributed by atoms with Crippen LogP contribution in [0.4, 0.5) is 18.9 Å². The summed E-state index contributed by atoms with van der Waals surface area (Å²) in [5.41, 5.74) is -0.288. The molecule has 13 heteroatoms. The number of aryl methyl sites for hydroxylation is 1. The number of carbonyl (C=O) groups excluding carboxylic acids is 2. The first-order valence-electron chi connectivity index (χ1n) is 9.61. The predicted octanol–water partition coefficient (Wildman–Crippen LogP) is 3.25. The first kappa shape index (κ1) is 24.8. The molecule has 9 nitrogen and oxygen atoms in total. The summed E-state index contributed by atoms with van der Waals surface area (Å²) in [5.74, 6) is -1.26. The maximum atomic E-state index is 13.0. The van der Waals surface area contributed by atoms with Gasteiger partial charge in [0.15, 0.2) is 5.82 Å². The maximum Gasteiger partial charge on any atom is 0.416 e. The highest BCUT2D eigenvalue weighted by atomic mass is 32.2. The van der Waals surface area contributed by atoms with E-state index in [1.54, 1.807) is 6.92 Å². The van der Waals surface area contributed by atoms with E-state index in [9.17, 15) is 31.2 Å². The molecule has 3 aromatic rings. The minimum atomic E-state index is -4.73. The second-order valence-electron chi connectivity index (χ2n) is 7.14. The minimum Gasteiger partial charge on any atom is -0.465 e. The minimum absolute atomic E-state index is 0.0372. The van der Waals surface area contributed by atoms with Crippen molar-refractivity contribution < 1.29 is 35.9 Å². The molecule has 1 heterocycles. The molecule has 0 atom stereocenters. The topological polar surface area (TPSA) is 130 Å². The zero-order valence-electron chi connectivity index (χ0n) is 17.9. The fraction of sp³-hybridized carbons (Fsp3) is 0.190. The fourth-order valence-corrected chi connectivity index (χ4v) is 4.02. The standard InChI is InChI=1S/C21H19F3N4O5S/c1-12-10-25-18(27-12)19(29)26-11-13-6-14(20(30)33-2)8-16(7-13)28-34(31,32)17-5-3-4-15(9-17)21(22,23)24/h3-10,28H,11H2,1-2H3,(H,25,27)(H,26,29). The SMILES string of the molecule is COC(=O)c1cc(CNC(=O)c2ncc(C)[nH]2)cc(NS(=O)(=O)c2cccc(C(F)(F)F)c2)c1. The second kappa shape index (κ2) is 9.55. The molecule has 0 spiro atoms. The summed E-state index contributed by atoms with van der Waals surface area (Å²) < 4.78 is 71.2. The Bertz CT molecular complexity index is 1340. The highest BCUT2D eigenvalue weighted by molar-refractivity contribution is 7.92. The number of ether oxygens (including phenoxy) is 1. The van der Waals surface area contributed by atoms with E-state index < -0.39 is 38.5 Å². The molecule has 1 aromatic heterocycles. The Morgan fingerprint density at radius 1 is 1.15 bits per heavy atom. The van der Waals surface area contributed by atoms with Crippen molar-refractivity contribution in [2.24, 2.45) is 0 Å². The monoisotopic (exact) mass is 496 g/mol. The molecule has 180 valence electrons. The number of rotatable bonds is 7. The van der Waals surface area contributed by atoms with Crippen LogP contribution in [0, 0.1) is 6.92 Å². The first-order valence-corrected chi connectivity index (χ1v) is 11.1. The normalized spacial score (nSPS) is 11.7. The Morgan fingerprint density at radius 3 is 2.50 bits per heavy atom. The van der Waals surface area contributed by atoms with Gasteiger partial charge in [-0.2, -0.15) is 13.2 Å². The molecule has 3 N–H and O–H groups in total. The van der Waals surface area contributed by atoms with Gasteiger partial charge in [-0.05, 0) is 48.9 Å². The lowest BCUT2D eigenvalue weighted by Crippen LogP contribution is -2.24. The van der Waals surface area contributed by atoms with Crippen LogP contribution in [0.5, 0.6) is 0 Å². The second-order valence-corrected chi connectivity index (χ2v) is 8.82. The number of benzene rings is 2. The molecule has 34 heavy (non-hydrogen) atoms. The number of alkyl halides is 3. The van der Waals surface area contributed by atoms with Crippen molar-refractivity contribution in [2.45, 2.75) is 24.5 Å². The number of imidazole rings is 1. The van der Waals surface area contributed by atoms with Crippen LogP contribution in [0.1, 0.15) is 37.8 Å². The van der Waals surface area contributed by atoms with Crippen molar-refractivity contribution in [1.29, 1.82) is 0 Å². The number of nitrogens with one attached hydrogen (secondary N) is 3. The molecule has 2 aromatic carbocycles. The van der Waals surface area contributed by atoms with E-state index in [0.717, 1.165) is 31.4 Å². The maximum absolute atomic E-state index is 13.0. The van der Waals surface area contributed by atoms with Gasteiger partial charge in [0.25, 0.3) is 15.9 Å². The van der Waals surface area contributed by atoms with Crippen LogP contribution in [0.15, 0.2) is 53.6 Å². The zero-order chi connectivity index (χ0) is 25.1. The van der Waals surface area contributed by atoms with Gasteiger partial charge in [-0.15, -0.1) is 0 Å². The van der Waals surface area contributed by atoms with Crippen molar-refractivity contribution in [2.75, 3.05) is 11.8 Å². The molecule has 0 bridgehead atoms. The van der Waals surface area contributed by atoms with Crippen molar-refractivity contribution in [3.63, 3.8) is 0 Å². The third-order valence-electron chi connectivity index (χ3n) is 4.51. The van der Waals surface area contributed by atoms with E-state index in [4.69, 9.17) is 0 Å². The number of H-pyrrole nitrogens is 1. The number of hydrogen-bond donors (Lipinski definition) is 3. The van der Waals surface area contributed by atoms with E-state index >= 15 is 0 Å². The zero-order valence-corrected chi connectivity index (χ0v) is 18.7. The summed E-state index contributed by atoms with van der Waals surface area (Å²) >= 11 is 0. The lowest BCUT2D eigenvalue weighted by atomic mass is 10.1. The molecule has 1 amide bonds.